The molecule has 0 saturated carbocycles. The van der Waals surface area contributed by atoms with Gasteiger partial charge in [-0.3, -0.25) is 0 Å². The summed E-state index contributed by atoms with van der Waals surface area (Å²) in [6, 6.07) is 2.05. The Hall–Kier alpha value is -0.780. The molecule has 0 spiro atoms. The lowest BCUT2D eigenvalue weighted by atomic mass is 10.1. The fourth-order valence-electron chi connectivity index (χ4n) is 1.92. The van der Waals surface area contributed by atoms with Crippen molar-refractivity contribution in [2.45, 2.75) is 26.7 Å². The lowest BCUT2D eigenvalue weighted by Crippen LogP contribution is -2.06. The molecule has 0 bridgehead atoms. The third-order valence-electron chi connectivity index (χ3n) is 2.84. The molecule has 0 aliphatic heterocycles. The second-order valence-electron chi connectivity index (χ2n) is 4.22. The zero-order valence-electron chi connectivity index (χ0n) is 10.5. The largest absolute Gasteiger partial charge is 0.330 e. The highest BCUT2D eigenvalue weighted by Crippen LogP contribution is 2.28. The van der Waals surface area contributed by atoms with E-state index >= 15 is 0 Å². The van der Waals surface area contributed by atoms with Crippen molar-refractivity contribution in [3.63, 3.8) is 0 Å². The first kappa shape index (κ1) is 13.6. The highest BCUT2D eigenvalue weighted by Gasteiger charge is 2.11. The van der Waals surface area contributed by atoms with Gasteiger partial charge in [0.15, 0.2) is 5.82 Å². The molecule has 5 heteroatoms. The third kappa shape index (κ3) is 2.96. The first-order valence-electron chi connectivity index (χ1n) is 5.90. The second kappa shape index (κ2) is 5.91. The van der Waals surface area contributed by atoms with Crippen LogP contribution in [0.25, 0.3) is 10.7 Å². The number of nitrogens with zero attached hydrogens (tertiary/aromatic N) is 2. The van der Waals surface area contributed by atoms with E-state index in [1.165, 1.54) is 5.56 Å². The predicted octanol–water partition coefficient (Wildman–Crippen LogP) is 3.48. The Kier molecular flexibility index (Phi) is 4.48. The number of aromatic nitrogens is 2. The van der Waals surface area contributed by atoms with E-state index in [0.717, 1.165) is 39.4 Å². The third-order valence-corrected chi connectivity index (χ3v) is 4.53. The van der Waals surface area contributed by atoms with Crippen molar-refractivity contribution in [2.24, 2.45) is 5.73 Å². The van der Waals surface area contributed by atoms with Crippen LogP contribution in [0.2, 0.25) is 0 Å². The van der Waals surface area contributed by atoms with Crippen molar-refractivity contribution in [2.75, 3.05) is 6.54 Å². The van der Waals surface area contributed by atoms with Gasteiger partial charge < -0.3 is 5.73 Å². The summed E-state index contributed by atoms with van der Waals surface area (Å²) in [6.07, 6.45) is 1.94. The van der Waals surface area contributed by atoms with E-state index in [2.05, 4.69) is 32.0 Å². The summed E-state index contributed by atoms with van der Waals surface area (Å²) in [7, 11) is 0. The maximum absolute atomic E-state index is 5.56. The lowest BCUT2D eigenvalue weighted by molar-refractivity contribution is 0.806. The smallest absolute Gasteiger partial charge is 0.169 e. The van der Waals surface area contributed by atoms with E-state index in [1.54, 1.807) is 11.3 Å². The van der Waals surface area contributed by atoms with Crippen LogP contribution in [0, 0.1) is 13.8 Å². The lowest BCUT2D eigenvalue weighted by Gasteiger charge is -2.09. The van der Waals surface area contributed by atoms with Crippen LogP contribution in [0.1, 0.15) is 23.4 Å². The summed E-state index contributed by atoms with van der Waals surface area (Å²) >= 11 is 5.11. The highest BCUT2D eigenvalue weighted by molar-refractivity contribution is 9.10. The molecule has 18 heavy (non-hydrogen) atoms. The number of rotatable bonds is 4. The molecule has 0 amide bonds. The monoisotopic (exact) mass is 325 g/mol. The Morgan fingerprint density at radius 3 is 2.44 bits per heavy atom. The Morgan fingerprint density at radius 2 is 1.94 bits per heavy atom. The van der Waals surface area contributed by atoms with Crippen molar-refractivity contribution in [3.8, 4) is 10.7 Å². The average Bonchev–Trinajstić information content (AvgIpc) is 2.75. The molecule has 0 aliphatic carbocycles. The zero-order valence-corrected chi connectivity index (χ0v) is 12.9. The highest BCUT2D eigenvalue weighted by atomic mass is 79.9. The van der Waals surface area contributed by atoms with E-state index in [0.29, 0.717) is 6.54 Å². The molecule has 0 fully saturated rings. The zero-order chi connectivity index (χ0) is 13.1. The Labute approximate surface area is 120 Å². The van der Waals surface area contributed by atoms with Gasteiger partial charge in [-0.1, -0.05) is 0 Å². The van der Waals surface area contributed by atoms with Crippen LogP contribution in [-0.4, -0.2) is 16.5 Å². The molecule has 3 nitrogen and oxygen atoms in total. The fourth-order valence-corrected chi connectivity index (χ4v) is 3.28. The molecule has 0 aromatic carbocycles. The van der Waals surface area contributed by atoms with Crippen molar-refractivity contribution < 1.29 is 0 Å². The molecule has 2 rings (SSSR count). The number of halogens is 1. The molecule has 96 valence electrons. The van der Waals surface area contributed by atoms with Gasteiger partial charge in [0.2, 0.25) is 0 Å². The average molecular weight is 326 g/mol. The summed E-state index contributed by atoms with van der Waals surface area (Å²) < 4.78 is 1.08. The molecule has 0 aliphatic rings. The topological polar surface area (TPSA) is 51.8 Å². The van der Waals surface area contributed by atoms with Crippen LogP contribution in [0.4, 0.5) is 0 Å². The van der Waals surface area contributed by atoms with Gasteiger partial charge in [0, 0.05) is 21.2 Å². The summed E-state index contributed by atoms with van der Waals surface area (Å²) in [5.74, 6) is 0.817. The Bertz CT molecular complexity index is 528. The van der Waals surface area contributed by atoms with Gasteiger partial charge in [0.1, 0.15) is 0 Å². The maximum atomic E-state index is 5.56. The number of thiophene rings is 1. The molecule has 2 heterocycles. The number of nitrogens with two attached hydrogens (primary N) is 1. The Balaban J connectivity index is 2.36. The van der Waals surface area contributed by atoms with E-state index in [4.69, 9.17) is 5.73 Å². The summed E-state index contributed by atoms with van der Waals surface area (Å²) in [5.41, 5.74) is 8.92. The van der Waals surface area contributed by atoms with E-state index in [9.17, 15) is 0 Å². The van der Waals surface area contributed by atoms with E-state index in [1.807, 2.05) is 19.2 Å². The minimum Gasteiger partial charge on any atom is -0.330 e. The molecule has 0 atom stereocenters. The van der Waals surface area contributed by atoms with Crippen LogP contribution in [0.5, 0.6) is 0 Å². The van der Waals surface area contributed by atoms with Crippen molar-refractivity contribution >= 4 is 27.3 Å². The minimum atomic E-state index is 0.707. The van der Waals surface area contributed by atoms with Crippen molar-refractivity contribution in [1.82, 2.24) is 9.97 Å². The first-order valence-corrected chi connectivity index (χ1v) is 7.57. The van der Waals surface area contributed by atoms with Crippen molar-refractivity contribution in [3.05, 3.63) is 32.9 Å². The van der Waals surface area contributed by atoms with Gasteiger partial charge in [-0.2, -0.15) is 0 Å². The van der Waals surface area contributed by atoms with Gasteiger partial charge >= 0.3 is 0 Å². The van der Waals surface area contributed by atoms with Gasteiger partial charge in [-0.05, 0) is 60.8 Å². The molecular formula is C13H16BrN3S. The molecule has 0 unspecified atom stereocenters. The standard InChI is InChI=1S/C13H16BrN3S/c1-8-11(4-3-5-15)9(2)17-13(16-8)12-6-10(14)7-18-12/h6-7H,3-5,15H2,1-2H3. The molecule has 0 radical (unpaired) electrons. The van der Waals surface area contributed by atoms with E-state index in [-0.39, 0.29) is 0 Å². The fraction of sp³-hybridized carbons (Fsp3) is 0.385. The van der Waals surface area contributed by atoms with Gasteiger partial charge in [-0.15, -0.1) is 11.3 Å². The summed E-state index contributed by atoms with van der Waals surface area (Å²) in [6.45, 7) is 4.80. The first-order chi connectivity index (χ1) is 8.61. The van der Waals surface area contributed by atoms with Crippen LogP contribution >= 0.6 is 27.3 Å². The van der Waals surface area contributed by atoms with Gasteiger partial charge in [-0.25, -0.2) is 9.97 Å². The summed E-state index contributed by atoms with van der Waals surface area (Å²) in [4.78, 5) is 10.3. The predicted molar refractivity (Wildman–Crippen MR) is 79.9 cm³/mol. The molecule has 2 N–H and O–H groups in total. The number of aryl methyl sites for hydroxylation is 2. The minimum absolute atomic E-state index is 0.707. The molecule has 0 saturated heterocycles. The Morgan fingerprint density at radius 1 is 1.28 bits per heavy atom. The van der Waals surface area contributed by atoms with Gasteiger partial charge in [0.05, 0.1) is 4.88 Å². The summed E-state index contributed by atoms with van der Waals surface area (Å²) in [5, 5.41) is 2.05. The second-order valence-corrected chi connectivity index (χ2v) is 6.04. The maximum Gasteiger partial charge on any atom is 0.169 e. The quantitative estimate of drug-likeness (QED) is 0.936. The molecular weight excluding hydrogens is 310 g/mol. The SMILES string of the molecule is Cc1nc(-c2cc(Br)cs2)nc(C)c1CCCN. The van der Waals surface area contributed by atoms with Crippen LogP contribution in [0.3, 0.4) is 0 Å². The number of hydrogen-bond acceptors (Lipinski definition) is 4. The van der Waals surface area contributed by atoms with Crippen molar-refractivity contribution in [1.29, 1.82) is 0 Å². The van der Waals surface area contributed by atoms with Crippen LogP contribution in [-0.2, 0) is 6.42 Å². The molecule has 2 aromatic heterocycles. The van der Waals surface area contributed by atoms with Crippen LogP contribution in [0.15, 0.2) is 15.9 Å². The molecule has 2 aromatic rings. The number of hydrogen-bond donors (Lipinski definition) is 1. The van der Waals surface area contributed by atoms with Crippen LogP contribution < -0.4 is 5.73 Å². The van der Waals surface area contributed by atoms with Gasteiger partial charge in [0.25, 0.3) is 0 Å². The normalized spacial score (nSPS) is 10.9. The van der Waals surface area contributed by atoms with E-state index < -0.39 is 0 Å².